The van der Waals surface area contributed by atoms with Crippen LogP contribution in [0.3, 0.4) is 0 Å². The average Bonchev–Trinajstić information content (AvgIpc) is 2.71. The standard InChI is InChI=1S/C8H9N3OS/c1-5-2-3-13-7(5)8-10-6(4-9)11-12-8/h2-3H,4,9H2,1H3. The van der Waals surface area contributed by atoms with E-state index in [0.29, 0.717) is 18.3 Å². The van der Waals surface area contributed by atoms with Gasteiger partial charge in [-0.15, -0.1) is 11.3 Å². The Morgan fingerprint density at radius 1 is 1.62 bits per heavy atom. The fraction of sp³-hybridized carbons (Fsp3) is 0.250. The first kappa shape index (κ1) is 8.40. The van der Waals surface area contributed by atoms with Gasteiger partial charge in [0.1, 0.15) is 0 Å². The van der Waals surface area contributed by atoms with Crippen LogP contribution in [0.4, 0.5) is 0 Å². The lowest BCUT2D eigenvalue weighted by Gasteiger charge is -1.88. The van der Waals surface area contributed by atoms with Crippen molar-refractivity contribution in [2.45, 2.75) is 13.5 Å². The SMILES string of the molecule is Cc1ccsc1-c1nc(CN)no1. The Morgan fingerprint density at radius 3 is 3.00 bits per heavy atom. The first-order valence-electron chi connectivity index (χ1n) is 3.88. The van der Waals surface area contributed by atoms with Crippen LogP contribution < -0.4 is 5.73 Å². The molecule has 5 heteroatoms. The minimum atomic E-state index is 0.313. The van der Waals surface area contributed by atoms with E-state index in [2.05, 4.69) is 10.1 Å². The van der Waals surface area contributed by atoms with Crippen LogP contribution in [0.5, 0.6) is 0 Å². The zero-order valence-corrected chi connectivity index (χ0v) is 7.97. The zero-order chi connectivity index (χ0) is 9.26. The molecule has 0 saturated heterocycles. The molecule has 0 aliphatic rings. The monoisotopic (exact) mass is 195 g/mol. The maximum absolute atomic E-state index is 5.37. The number of rotatable bonds is 2. The molecule has 0 fully saturated rings. The first-order chi connectivity index (χ1) is 6.31. The highest BCUT2D eigenvalue weighted by Gasteiger charge is 2.10. The molecule has 4 nitrogen and oxygen atoms in total. The largest absolute Gasteiger partial charge is 0.333 e. The van der Waals surface area contributed by atoms with Crippen molar-refractivity contribution in [3.8, 4) is 10.8 Å². The van der Waals surface area contributed by atoms with E-state index in [1.165, 1.54) is 0 Å². The molecule has 13 heavy (non-hydrogen) atoms. The number of aryl methyl sites for hydroxylation is 1. The topological polar surface area (TPSA) is 64.9 Å². The number of hydrogen-bond donors (Lipinski definition) is 1. The highest BCUT2D eigenvalue weighted by molar-refractivity contribution is 7.13. The first-order valence-corrected chi connectivity index (χ1v) is 4.76. The van der Waals surface area contributed by atoms with Crippen molar-refractivity contribution < 1.29 is 4.52 Å². The van der Waals surface area contributed by atoms with Gasteiger partial charge in [-0.3, -0.25) is 0 Å². The number of hydrogen-bond acceptors (Lipinski definition) is 5. The van der Waals surface area contributed by atoms with Crippen LogP contribution in [0.1, 0.15) is 11.4 Å². The van der Waals surface area contributed by atoms with Crippen LogP contribution in [-0.2, 0) is 6.54 Å². The van der Waals surface area contributed by atoms with Gasteiger partial charge in [0.05, 0.1) is 11.4 Å². The summed E-state index contributed by atoms with van der Waals surface area (Å²) in [6.45, 7) is 2.33. The summed E-state index contributed by atoms with van der Waals surface area (Å²) < 4.78 is 5.05. The van der Waals surface area contributed by atoms with E-state index < -0.39 is 0 Å². The predicted octanol–water partition coefficient (Wildman–Crippen LogP) is 1.57. The van der Waals surface area contributed by atoms with Crippen LogP contribution in [0.25, 0.3) is 10.8 Å². The van der Waals surface area contributed by atoms with Crippen molar-refractivity contribution in [1.82, 2.24) is 10.1 Å². The molecule has 0 aromatic carbocycles. The van der Waals surface area contributed by atoms with Crippen LogP contribution in [0.2, 0.25) is 0 Å². The highest BCUT2D eigenvalue weighted by atomic mass is 32.1. The fourth-order valence-electron chi connectivity index (χ4n) is 1.02. The molecular weight excluding hydrogens is 186 g/mol. The molecule has 0 unspecified atom stereocenters. The van der Waals surface area contributed by atoms with E-state index in [-0.39, 0.29) is 0 Å². The number of thiophene rings is 1. The Kier molecular flexibility index (Phi) is 2.12. The third-order valence-electron chi connectivity index (χ3n) is 1.71. The lowest BCUT2D eigenvalue weighted by molar-refractivity contribution is 0.423. The number of nitrogens with two attached hydrogens (primary N) is 1. The van der Waals surface area contributed by atoms with E-state index in [4.69, 9.17) is 10.3 Å². The van der Waals surface area contributed by atoms with Gasteiger partial charge in [-0.1, -0.05) is 5.16 Å². The van der Waals surface area contributed by atoms with E-state index in [1.807, 2.05) is 18.4 Å². The second-order valence-electron chi connectivity index (χ2n) is 2.65. The summed E-state index contributed by atoms with van der Waals surface area (Å²) in [5.74, 6) is 1.11. The molecule has 2 aromatic rings. The Hall–Kier alpha value is -1.20. The van der Waals surface area contributed by atoms with Crippen molar-refractivity contribution in [3.05, 3.63) is 22.8 Å². The molecule has 0 radical (unpaired) electrons. The van der Waals surface area contributed by atoms with E-state index in [9.17, 15) is 0 Å². The molecule has 0 spiro atoms. The molecule has 68 valence electrons. The minimum absolute atomic E-state index is 0.313. The van der Waals surface area contributed by atoms with Crippen LogP contribution >= 0.6 is 11.3 Å². The van der Waals surface area contributed by atoms with Crippen molar-refractivity contribution in [3.63, 3.8) is 0 Å². The molecule has 2 heterocycles. The van der Waals surface area contributed by atoms with Crippen molar-refractivity contribution in [2.24, 2.45) is 5.73 Å². The Bertz CT molecular complexity index is 407. The van der Waals surface area contributed by atoms with E-state index in [0.717, 1.165) is 10.4 Å². The molecular formula is C8H9N3OS. The van der Waals surface area contributed by atoms with Gasteiger partial charge in [0.25, 0.3) is 5.89 Å². The number of nitrogens with zero attached hydrogens (tertiary/aromatic N) is 2. The maximum atomic E-state index is 5.37. The van der Waals surface area contributed by atoms with Crippen LogP contribution in [-0.4, -0.2) is 10.1 Å². The summed E-state index contributed by atoms with van der Waals surface area (Å²) in [4.78, 5) is 5.16. The second kappa shape index (κ2) is 3.27. The zero-order valence-electron chi connectivity index (χ0n) is 7.15. The van der Waals surface area contributed by atoms with Crippen LogP contribution in [0.15, 0.2) is 16.0 Å². The van der Waals surface area contributed by atoms with E-state index in [1.54, 1.807) is 11.3 Å². The van der Waals surface area contributed by atoms with Gasteiger partial charge in [-0.05, 0) is 23.9 Å². The van der Waals surface area contributed by atoms with Gasteiger partial charge in [-0.25, -0.2) is 0 Å². The molecule has 2 rings (SSSR count). The normalized spacial score (nSPS) is 10.6. The smallest absolute Gasteiger partial charge is 0.268 e. The number of aromatic nitrogens is 2. The molecule has 0 amide bonds. The summed E-state index contributed by atoms with van der Waals surface area (Å²) in [5.41, 5.74) is 6.52. The van der Waals surface area contributed by atoms with Crippen molar-refractivity contribution >= 4 is 11.3 Å². The van der Waals surface area contributed by atoms with E-state index >= 15 is 0 Å². The minimum Gasteiger partial charge on any atom is -0.333 e. The molecule has 2 aromatic heterocycles. The lowest BCUT2D eigenvalue weighted by Crippen LogP contribution is -1.97. The predicted molar refractivity (Wildman–Crippen MR) is 50.2 cm³/mol. The van der Waals surface area contributed by atoms with Gasteiger partial charge >= 0.3 is 0 Å². The molecule has 0 bridgehead atoms. The van der Waals surface area contributed by atoms with Gasteiger partial charge < -0.3 is 10.3 Å². The second-order valence-corrected chi connectivity index (χ2v) is 3.57. The Labute approximate surface area is 79.4 Å². The van der Waals surface area contributed by atoms with Crippen molar-refractivity contribution in [2.75, 3.05) is 0 Å². The summed E-state index contributed by atoms with van der Waals surface area (Å²) in [6, 6.07) is 2.02. The summed E-state index contributed by atoms with van der Waals surface area (Å²) in [6.07, 6.45) is 0. The third kappa shape index (κ3) is 1.48. The highest BCUT2D eigenvalue weighted by Crippen LogP contribution is 2.27. The van der Waals surface area contributed by atoms with Crippen molar-refractivity contribution in [1.29, 1.82) is 0 Å². The molecule has 2 N–H and O–H groups in total. The quantitative estimate of drug-likeness (QED) is 0.789. The third-order valence-corrected chi connectivity index (χ3v) is 2.71. The summed E-state index contributed by atoms with van der Waals surface area (Å²) in [7, 11) is 0. The van der Waals surface area contributed by atoms with Crippen LogP contribution in [0, 0.1) is 6.92 Å². The molecule has 0 aliphatic carbocycles. The molecule has 0 saturated carbocycles. The summed E-state index contributed by atoms with van der Waals surface area (Å²) in [5, 5.41) is 5.72. The van der Waals surface area contributed by atoms with Gasteiger partial charge in [0.2, 0.25) is 0 Å². The van der Waals surface area contributed by atoms with Gasteiger partial charge in [0, 0.05) is 0 Å². The maximum Gasteiger partial charge on any atom is 0.268 e. The van der Waals surface area contributed by atoms with Gasteiger partial charge in [-0.2, -0.15) is 4.98 Å². The lowest BCUT2D eigenvalue weighted by atomic mass is 10.3. The average molecular weight is 195 g/mol. The molecule has 0 atom stereocenters. The molecule has 0 aliphatic heterocycles. The Balaban J connectivity index is 2.41. The Morgan fingerprint density at radius 2 is 2.46 bits per heavy atom. The summed E-state index contributed by atoms with van der Waals surface area (Å²) >= 11 is 1.59. The fourth-order valence-corrected chi connectivity index (χ4v) is 1.87. The van der Waals surface area contributed by atoms with Gasteiger partial charge in [0.15, 0.2) is 5.82 Å².